The third kappa shape index (κ3) is 4.54. The average molecular weight is 437 g/mol. The number of amides is 1. The van der Waals surface area contributed by atoms with E-state index in [2.05, 4.69) is 10.2 Å². The summed E-state index contributed by atoms with van der Waals surface area (Å²) in [7, 11) is 0. The Bertz CT molecular complexity index is 1100. The first-order valence-electron chi connectivity index (χ1n) is 10.6. The first-order valence-corrected chi connectivity index (χ1v) is 11.6. The van der Waals surface area contributed by atoms with Crippen LogP contribution in [0.1, 0.15) is 19.3 Å². The van der Waals surface area contributed by atoms with Crippen LogP contribution >= 0.6 is 11.8 Å². The minimum atomic E-state index is -0.0936. The highest BCUT2D eigenvalue weighted by molar-refractivity contribution is 8.00. The number of nitrogens with zero attached hydrogens (tertiary/aromatic N) is 3. The molecule has 0 saturated carbocycles. The van der Waals surface area contributed by atoms with Gasteiger partial charge in [0.05, 0.1) is 11.3 Å². The second-order valence-electron chi connectivity index (χ2n) is 7.59. The average Bonchev–Trinajstić information content (AvgIpc) is 2.83. The lowest BCUT2D eigenvalue weighted by atomic mass is 10.1. The number of aromatic nitrogens is 2. The van der Waals surface area contributed by atoms with Crippen molar-refractivity contribution < 1.29 is 14.3 Å². The Morgan fingerprint density at radius 2 is 1.81 bits per heavy atom. The number of rotatable bonds is 5. The van der Waals surface area contributed by atoms with Crippen LogP contribution in [0.5, 0.6) is 11.5 Å². The molecule has 1 saturated heterocycles. The molecule has 31 heavy (non-hydrogen) atoms. The molecule has 160 valence electrons. The number of carbonyl (C=O) groups excluding carboxylic acids is 1. The van der Waals surface area contributed by atoms with Gasteiger partial charge in [0.25, 0.3) is 0 Å². The highest BCUT2D eigenvalue weighted by Gasteiger charge is 2.18. The van der Waals surface area contributed by atoms with Crippen molar-refractivity contribution in [3.8, 4) is 11.5 Å². The van der Waals surface area contributed by atoms with Crippen LogP contribution in [0, 0.1) is 0 Å². The van der Waals surface area contributed by atoms with E-state index in [4.69, 9.17) is 19.4 Å². The van der Waals surface area contributed by atoms with Gasteiger partial charge in [-0.15, -0.1) is 0 Å². The Hall–Kier alpha value is -3.00. The second kappa shape index (κ2) is 9.01. The van der Waals surface area contributed by atoms with Gasteiger partial charge in [0.2, 0.25) is 11.9 Å². The summed E-state index contributed by atoms with van der Waals surface area (Å²) in [6.07, 6.45) is 3.58. The standard InChI is InChI=1S/C23H24N4O3S/c28-21(24-16-8-9-19-20(14-16)30-13-12-29-19)15-31-22-17-6-2-3-7-18(17)25-23(26-22)27-10-4-1-5-11-27/h2-3,6-9,14H,1,4-5,10-13,15H2,(H,24,28). The number of piperidine rings is 1. The van der Waals surface area contributed by atoms with Gasteiger partial charge in [0.15, 0.2) is 11.5 Å². The molecule has 7 nitrogen and oxygen atoms in total. The molecule has 0 aliphatic carbocycles. The molecule has 3 aromatic rings. The number of carbonyl (C=O) groups is 1. The van der Waals surface area contributed by atoms with E-state index in [9.17, 15) is 4.79 Å². The van der Waals surface area contributed by atoms with E-state index in [1.165, 1.54) is 18.2 Å². The zero-order valence-corrected chi connectivity index (χ0v) is 18.0. The zero-order valence-electron chi connectivity index (χ0n) is 17.2. The molecule has 2 aliphatic heterocycles. The molecule has 1 fully saturated rings. The van der Waals surface area contributed by atoms with Gasteiger partial charge in [-0.3, -0.25) is 4.79 Å². The Balaban J connectivity index is 1.31. The van der Waals surface area contributed by atoms with E-state index < -0.39 is 0 Å². The lowest BCUT2D eigenvalue weighted by Crippen LogP contribution is -2.31. The fourth-order valence-corrected chi connectivity index (χ4v) is 4.65. The van der Waals surface area contributed by atoms with E-state index in [1.807, 2.05) is 36.4 Å². The molecule has 1 N–H and O–H groups in total. The van der Waals surface area contributed by atoms with Crippen LogP contribution in [0.2, 0.25) is 0 Å². The monoisotopic (exact) mass is 436 g/mol. The van der Waals surface area contributed by atoms with Crippen LogP contribution in [0.15, 0.2) is 47.5 Å². The van der Waals surface area contributed by atoms with Crippen molar-refractivity contribution in [1.82, 2.24) is 9.97 Å². The van der Waals surface area contributed by atoms with Gasteiger partial charge in [-0.2, -0.15) is 0 Å². The number of nitrogens with one attached hydrogen (secondary N) is 1. The molecular weight excluding hydrogens is 412 g/mol. The number of thioether (sulfide) groups is 1. The SMILES string of the molecule is O=C(CSc1nc(N2CCCCC2)nc2ccccc12)Nc1ccc2c(c1)OCCO2. The number of anilines is 2. The van der Waals surface area contributed by atoms with Crippen molar-refractivity contribution in [3.63, 3.8) is 0 Å². The van der Waals surface area contributed by atoms with Crippen LogP contribution in [-0.4, -0.2) is 47.9 Å². The van der Waals surface area contributed by atoms with Crippen LogP contribution in [0.3, 0.4) is 0 Å². The molecule has 2 aliphatic rings. The van der Waals surface area contributed by atoms with E-state index in [-0.39, 0.29) is 11.7 Å². The normalized spacial score (nSPS) is 15.7. The van der Waals surface area contributed by atoms with Crippen molar-refractivity contribution in [2.24, 2.45) is 0 Å². The van der Waals surface area contributed by atoms with E-state index in [0.29, 0.717) is 30.4 Å². The van der Waals surface area contributed by atoms with Crippen LogP contribution in [0.4, 0.5) is 11.6 Å². The van der Waals surface area contributed by atoms with E-state index >= 15 is 0 Å². The lowest BCUT2D eigenvalue weighted by Gasteiger charge is -2.27. The molecule has 0 bridgehead atoms. The summed E-state index contributed by atoms with van der Waals surface area (Å²) in [5.74, 6) is 2.28. The molecule has 0 radical (unpaired) electrons. The quantitative estimate of drug-likeness (QED) is 0.476. The number of hydrogen-bond acceptors (Lipinski definition) is 7. The molecule has 0 unspecified atom stereocenters. The Morgan fingerprint density at radius 3 is 2.68 bits per heavy atom. The van der Waals surface area contributed by atoms with Gasteiger partial charge >= 0.3 is 0 Å². The zero-order chi connectivity index (χ0) is 21.0. The Morgan fingerprint density at radius 1 is 1.00 bits per heavy atom. The number of fused-ring (bicyclic) bond motifs is 2. The van der Waals surface area contributed by atoms with Crippen molar-refractivity contribution in [2.45, 2.75) is 24.3 Å². The van der Waals surface area contributed by atoms with Crippen LogP contribution in [-0.2, 0) is 4.79 Å². The number of ether oxygens (including phenoxy) is 2. The molecular formula is C23H24N4O3S. The summed E-state index contributed by atoms with van der Waals surface area (Å²) >= 11 is 1.44. The van der Waals surface area contributed by atoms with Gasteiger partial charge in [0.1, 0.15) is 18.2 Å². The molecule has 8 heteroatoms. The third-order valence-electron chi connectivity index (χ3n) is 5.36. The number of benzene rings is 2. The summed E-state index contributed by atoms with van der Waals surface area (Å²) in [4.78, 5) is 24.5. The topological polar surface area (TPSA) is 76.6 Å². The van der Waals surface area contributed by atoms with Crippen molar-refractivity contribution in [2.75, 3.05) is 42.3 Å². The molecule has 2 aromatic carbocycles. The summed E-state index contributed by atoms with van der Waals surface area (Å²) in [5.41, 5.74) is 1.60. The Kier molecular flexibility index (Phi) is 5.80. The predicted molar refractivity (Wildman–Crippen MR) is 122 cm³/mol. The smallest absolute Gasteiger partial charge is 0.234 e. The van der Waals surface area contributed by atoms with Crippen LogP contribution in [0.25, 0.3) is 10.9 Å². The summed E-state index contributed by atoms with van der Waals surface area (Å²) in [6.45, 7) is 3.02. The minimum Gasteiger partial charge on any atom is -0.486 e. The minimum absolute atomic E-state index is 0.0936. The maximum Gasteiger partial charge on any atom is 0.234 e. The third-order valence-corrected chi connectivity index (χ3v) is 6.35. The van der Waals surface area contributed by atoms with Gasteiger partial charge in [-0.25, -0.2) is 9.97 Å². The van der Waals surface area contributed by atoms with Crippen molar-refractivity contribution in [1.29, 1.82) is 0 Å². The van der Waals surface area contributed by atoms with Crippen molar-refractivity contribution >= 4 is 40.2 Å². The van der Waals surface area contributed by atoms with Gasteiger partial charge in [-0.1, -0.05) is 30.0 Å². The second-order valence-corrected chi connectivity index (χ2v) is 8.55. The lowest BCUT2D eigenvalue weighted by molar-refractivity contribution is -0.113. The highest BCUT2D eigenvalue weighted by Crippen LogP contribution is 2.33. The largest absolute Gasteiger partial charge is 0.486 e. The maximum absolute atomic E-state index is 12.6. The number of hydrogen-bond donors (Lipinski definition) is 1. The predicted octanol–water partition coefficient (Wildman–Crippen LogP) is 4.12. The molecule has 3 heterocycles. The summed E-state index contributed by atoms with van der Waals surface area (Å²) in [6, 6.07) is 13.4. The fraction of sp³-hybridized carbons (Fsp3) is 0.348. The molecule has 1 amide bonds. The summed E-state index contributed by atoms with van der Waals surface area (Å²) < 4.78 is 11.1. The van der Waals surface area contributed by atoms with E-state index in [0.717, 1.165) is 47.8 Å². The first-order chi connectivity index (χ1) is 15.3. The van der Waals surface area contributed by atoms with Crippen molar-refractivity contribution in [3.05, 3.63) is 42.5 Å². The van der Waals surface area contributed by atoms with Gasteiger partial charge in [0, 0.05) is 30.2 Å². The highest BCUT2D eigenvalue weighted by atomic mass is 32.2. The molecule has 0 spiro atoms. The first kappa shape index (κ1) is 19.9. The molecule has 0 atom stereocenters. The summed E-state index contributed by atoms with van der Waals surface area (Å²) in [5, 5.41) is 4.75. The van der Waals surface area contributed by atoms with Gasteiger partial charge < -0.3 is 19.7 Å². The van der Waals surface area contributed by atoms with Gasteiger partial charge in [-0.05, 0) is 37.5 Å². The molecule has 5 rings (SSSR count). The molecule has 1 aromatic heterocycles. The van der Waals surface area contributed by atoms with E-state index in [1.54, 1.807) is 6.07 Å². The fourth-order valence-electron chi connectivity index (χ4n) is 3.83. The van der Waals surface area contributed by atoms with Crippen LogP contribution < -0.4 is 19.7 Å². The maximum atomic E-state index is 12.6. The Labute approximate surface area is 185 Å². The number of para-hydroxylation sites is 1.